The number of rotatable bonds is 7. The van der Waals surface area contributed by atoms with E-state index in [0.29, 0.717) is 12.6 Å². The zero-order chi connectivity index (χ0) is 11.1. The van der Waals surface area contributed by atoms with Crippen LogP contribution in [0, 0.1) is 0 Å². The molecule has 0 amide bonds. The summed E-state index contributed by atoms with van der Waals surface area (Å²) in [6.07, 6.45) is 0.562. The predicted octanol–water partition coefficient (Wildman–Crippen LogP) is 1.50. The van der Waals surface area contributed by atoms with Crippen molar-refractivity contribution in [2.75, 3.05) is 20.3 Å². The monoisotopic (exact) mass is 203 g/mol. The van der Waals surface area contributed by atoms with Gasteiger partial charge in [-0.05, 0) is 26.8 Å². The van der Waals surface area contributed by atoms with Crippen molar-refractivity contribution < 1.29 is 9.84 Å². The van der Waals surface area contributed by atoms with Crippen molar-refractivity contribution >= 4 is 0 Å². The van der Waals surface area contributed by atoms with Crippen LogP contribution in [-0.4, -0.2) is 48.5 Å². The highest BCUT2D eigenvalue weighted by Crippen LogP contribution is 2.11. The van der Waals surface area contributed by atoms with Crippen LogP contribution in [0.25, 0.3) is 0 Å². The van der Waals surface area contributed by atoms with Crippen LogP contribution >= 0.6 is 0 Å². The van der Waals surface area contributed by atoms with Crippen molar-refractivity contribution in [1.82, 2.24) is 4.90 Å². The van der Waals surface area contributed by atoms with Crippen LogP contribution in [0.2, 0.25) is 0 Å². The highest BCUT2D eigenvalue weighted by molar-refractivity contribution is 4.77. The maximum atomic E-state index is 9.76. The van der Waals surface area contributed by atoms with E-state index in [1.54, 1.807) is 7.11 Å². The highest BCUT2D eigenvalue weighted by Gasteiger charge is 2.23. The van der Waals surface area contributed by atoms with Crippen molar-refractivity contribution in [2.24, 2.45) is 0 Å². The van der Waals surface area contributed by atoms with Crippen LogP contribution in [0.15, 0.2) is 0 Å². The normalized spacial score (nSPS) is 18.2. The van der Waals surface area contributed by atoms with Gasteiger partial charge >= 0.3 is 0 Å². The Kier molecular flexibility index (Phi) is 7.15. The second-order valence-electron chi connectivity index (χ2n) is 3.85. The quantitative estimate of drug-likeness (QED) is 0.680. The molecule has 0 heterocycles. The van der Waals surface area contributed by atoms with Gasteiger partial charge in [0.2, 0.25) is 0 Å². The first-order chi connectivity index (χ1) is 6.58. The maximum absolute atomic E-state index is 9.76. The Balaban J connectivity index is 4.23. The number of ether oxygens (including phenoxy) is 1. The van der Waals surface area contributed by atoms with Gasteiger partial charge in [0.1, 0.15) is 0 Å². The fourth-order valence-electron chi connectivity index (χ4n) is 1.90. The molecule has 0 aliphatic heterocycles. The summed E-state index contributed by atoms with van der Waals surface area (Å²) in [6, 6.07) is 0.566. The van der Waals surface area contributed by atoms with Crippen LogP contribution in [0.3, 0.4) is 0 Å². The molecular formula is C11H25NO2. The minimum atomic E-state index is -0.241. The van der Waals surface area contributed by atoms with Crippen LogP contribution in [0.4, 0.5) is 0 Å². The molecule has 0 aromatic carbocycles. The van der Waals surface area contributed by atoms with Crippen molar-refractivity contribution in [1.29, 1.82) is 0 Å². The van der Waals surface area contributed by atoms with Crippen LogP contribution in [0.5, 0.6) is 0 Å². The van der Waals surface area contributed by atoms with Crippen LogP contribution in [-0.2, 0) is 4.74 Å². The van der Waals surface area contributed by atoms with Crippen LogP contribution in [0.1, 0.15) is 34.1 Å². The summed E-state index contributed by atoms with van der Waals surface area (Å²) >= 11 is 0. The van der Waals surface area contributed by atoms with E-state index in [4.69, 9.17) is 4.74 Å². The lowest BCUT2D eigenvalue weighted by Gasteiger charge is -2.35. The lowest BCUT2D eigenvalue weighted by atomic mass is 10.1. The van der Waals surface area contributed by atoms with Gasteiger partial charge in [-0.1, -0.05) is 13.8 Å². The van der Waals surface area contributed by atoms with Gasteiger partial charge in [0, 0.05) is 19.2 Å². The van der Waals surface area contributed by atoms with Crippen molar-refractivity contribution in [3.05, 3.63) is 0 Å². The minimum Gasteiger partial charge on any atom is -0.392 e. The molecule has 0 aliphatic carbocycles. The summed E-state index contributed by atoms with van der Waals surface area (Å²) in [7, 11) is 1.71. The molecule has 0 saturated carbocycles. The van der Waals surface area contributed by atoms with Gasteiger partial charge in [-0.15, -0.1) is 0 Å². The molecule has 3 atom stereocenters. The maximum Gasteiger partial charge on any atom is 0.0690 e. The van der Waals surface area contributed by atoms with Gasteiger partial charge < -0.3 is 9.84 Å². The summed E-state index contributed by atoms with van der Waals surface area (Å²) < 4.78 is 5.13. The fourth-order valence-corrected chi connectivity index (χ4v) is 1.90. The largest absolute Gasteiger partial charge is 0.392 e. The molecule has 0 aromatic heterocycles. The molecule has 86 valence electrons. The molecule has 0 fully saturated rings. The topological polar surface area (TPSA) is 32.7 Å². The van der Waals surface area contributed by atoms with Gasteiger partial charge in [0.05, 0.1) is 12.7 Å². The number of aliphatic hydroxyl groups excluding tert-OH is 1. The number of aliphatic hydroxyl groups is 1. The number of nitrogens with zero attached hydrogens (tertiary/aromatic N) is 1. The lowest BCUT2D eigenvalue weighted by Crippen LogP contribution is -2.47. The number of hydrogen-bond donors (Lipinski definition) is 1. The summed E-state index contributed by atoms with van der Waals surface area (Å²) in [5.41, 5.74) is 0. The second-order valence-corrected chi connectivity index (χ2v) is 3.85. The van der Waals surface area contributed by atoms with Crippen molar-refractivity contribution in [3.8, 4) is 0 Å². The minimum absolute atomic E-state index is 0.204. The van der Waals surface area contributed by atoms with Gasteiger partial charge in [0.25, 0.3) is 0 Å². The molecule has 3 nitrogen and oxygen atoms in total. The molecule has 0 saturated heterocycles. The third-order valence-corrected chi connectivity index (χ3v) is 2.84. The zero-order valence-electron chi connectivity index (χ0n) is 10.2. The summed E-state index contributed by atoms with van der Waals surface area (Å²) in [5, 5.41) is 9.76. The van der Waals surface area contributed by atoms with Gasteiger partial charge in [-0.3, -0.25) is 4.90 Å². The summed E-state index contributed by atoms with van der Waals surface area (Å²) in [4.78, 5) is 2.28. The fraction of sp³-hybridized carbons (Fsp3) is 1.00. The molecule has 1 N–H and O–H groups in total. The van der Waals surface area contributed by atoms with E-state index in [-0.39, 0.29) is 12.1 Å². The SMILES string of the molecule is CCC(O)C(C)N(CC)C(C)COC. The van der Waals surface area contributed by atoms with E-state index in [0.717, 1.165) is 13.0 Å². The Hall–Kier alpha value is -0.120. The third kappa shape index (κ3) is 3.95. The van der Waals surface area contributed by atoms with E-state index in [1.807, 2.05) is 6.92 Å². The van der Waals surface area contributed by atoms with E-state index < -0.39 is 0 Å². The second kappa shape index (κ2) is 7.21. The first kappa shape index (κ1) is 13.9. The Labute approximate surface area is 88.1 Å². The van der Waals surface area contributed by atoms with E-state index in [2.05, 4.69) is 25.7 Å². The average Bonchev–Trinajstić information content (AvgIpc) is 2.18. The highest BCUT2D eigenvalue weighted by atomic mass is 16.5. The Morgan fingerprint density at radius 1 is 1.29 bits per heavy atom. The Morgan fingerprint density at radius 3 is 2.21 bits per heavy atom. The smallest absolute Gasteiger partial charge is 0.0690 e. The Bertz CT molecular complexity index is 141. The van der Waals surface area contributed by atoms with E-state index in [9.17, 15) is 5.11 Å². The van der Waals surface area contributed by atoms with Gasteiger partial charge in [0.15, 0.2) is 0 Å². The average molecular weight is 203 g/mol. The number of likely N-dealkylation sites (N-methyl/N-ethyl adjacent to an activating group) is 1. The predicted molar refractivity (Wildman–Crippen MR) is 59.5 cm³/mol. The van der Waals surface area contributed by atoms with Crippen LogP contribution < -0.4 is 0 Å². The molecule has 3 unspecified atom stereocenters. The zero-order valence-corrected chi connectivity index (χ0v) is 10.2. The van der Waals surface area contributed by atoms with Crippen molar-refractivity contribution in [3.63, 3.8) is 0 Å². The molecule has 0 bridgehead atoms. The van der Waals surface area contributed by atoms with E-state index in [1.165, 1.54) is 0 Å². The molecule has 0 spiro atoms. The summed E-state index contributed by atoms with van der Waals surface area (Å²) in [5.74, 6) is 0. The Morgan fingerprint density at radius 2 is 1.86 bits per heavy atom. The summed E-state index contributed by atoms with van der Waals surface area (Å²) in [6.45, 7) is 9.99. The molecule has 0 aromatic rings. The molecule has 0 rings (SSSR count). The first-order valence-corrected chi connectivity index (χ1v) is 5.51. The lowest BCUT2D eigenvalue weighted by molar-refractivity contribution is 0.0144. The van der Waals surface area contributed by atoms with Gasteiger partial charge in [-0.2, -0.15) is 0 Å². The third-order valence-electron chi connectivity index (χ3n) is 2.84. The molecular weight excluding hydrogens is 178 g/mol. The standard InChI is InChI=1S/C11H25NO2/c1-6-11(13)10(4)12(7-2)9(3)8-14-5/h9-11,13H,6-8H2,1-5H3. The van der Waals surface area contributed by atoms with Crippen molar-refractivity contribution in [2.45, 2.75) is 52.3 Å². The molecule has 14 heavy (non-hydrogen) atoms. The molecule has 0 radical (unpaired) electrons. The van der Waals surface area contributed by atoms with Gasteiger partial charge in [-0.25, -0.2) is 0 Å². The first-order valence-electron chi connectivity index (χ1n) is 5.51. The molecule has 3 heteroatoms. The van der Waals surface area contributed by atoms with E-state index >= 15 is 0 Å². The molecule has 0 aliphatic rings. The number of methoxy groups -OCH3 is 1. The number of hydrogen-bond acceptors (Lipinski definition) is 3.